The van der Waals surface area contributed by atoms with E-state index >= 15 is 0 Å². The molecule has 1 aromatic heterocycles. The first kappa shape index (κ1) is 17.6. The lowest BCUT2D eigenvalue weighted by Crippen LogP contribution is -2.23. The number of carbonyl (C=O) groups excluding carboxylic acids is 1. The molecule has 6 nitrogen and oxygen atoms in total. The Morgan fingerprint density at radius 3 is 2.64 bits per heavy atom. The van der Waals surface area contributed by atoms with E-state index in [1.54, 1.807) is 0 Å². The Bertz CT molecular complexity index is 688. The Labute approximate surface area is 148 Å². The van der Waals surface area contributed by atoms with Crippen LogP contribution in [-0.2, 0) is 11.3 Å². The van der Waals surface area contributed by atoms with Crippen molar-refractivity contribution >= 4 is 11.6 Å². The van der Waals surface area contributed by atoms with Gasteiger partial charge in [-0.2, -0.15) is 5.10 Å². The van der Waals surface area contributed by atoms with E-state index in [1.807, 2.05) is 31.2 Å². The van der Waals surface area contributed by atoms with E-state index in [2.05, 4.69) is 20.5 Å². The van der Waals surface area contributed by atoms with E-state index in [-0.39, 0.29) is 11.8 Å². The first-order valence-electron chi connectivity index (χ1n) is 9.18. The lowest BCUT2D eigenvalue weighted by atomic mass is 9.83. The summed E-state index contributed by atoms with van der Waals surface area (Å²) >= 11 is 0. The summed E-state index contributed by atoms with van der Waals surface area (Å²) in [5.41, 5.74) is 7.23. The van der Waals surface area contributed by atoms with Gasteiger partial charge in [0.1, 0.15) is 5.82 Å². The van der Waals surface area contributed by atoms with Crippen LogP contribution in [0.15, 0.2) is 24.3 Å². The van der Waals surface area contributed by atoms with Gasteiger partial charge in [-0.1, -0.05) is 39.0 Å². The van der Waals surface area contributed by atoms with Gasteiger partial charge in [0, 0.05) is 17.2 Å². The maximum atomic E-state index is 12.4. The molecule has 4 N–H and O–H groups in total. The van der Waals surface area contributed by atoms with Gasteiger partial charge < -0.3 is 11.1 Å². The molecule has 0 saturated heterocycles. The van der Waals surface area contributed by atoms with Gasteiger partial charge in [0.2, 0.25) is 5.91 Å². The van der Waals surface area contributed by atoms with E-state index in [1.165, 1.54) is 32.1 Å². The number of carbonyl (C=O) groups is 1. The van der Waals surface area contributed by atoms with E-state index in [4.69, 9.17) is 5.73 Å². The van der Waals surface area contributed by atoms with Gasteiger partial charge >= 0.3 is 0 Å². The van der Waals surface area contributed by atoms with Gasteiger partial charge in [-0.25, -0.2) is 4.98 Å². The van der Waals surface area contributed by atoms with Gasteiger partial charge in [0.15, 0.2) is 5.82 Å². The number of nitrogens with two attached hydrogens (primary N) is 1. The Kier molecular flexibility index (Phi) is 5.81. The molecular formula is C19H27N5O. The molecule has 1 amide bonds. The van der Waals surface area contributed by atoms with E-state index in [0.29, 0.717) is 24.1 Å². The second kappa shape index (κ2) is 8.25. The third-order valence-corrected chi connectivity index (χ3v) is 4.99. The highest BCUT2D eigenvalue weighted by Gasteiger charge is 2.21. The van der Waals surface area contributed by atoms with Crippen LogP contribution < -0.4 is 11.1 Å². The predicted molar refractivity (Wildman–Crippen MR) is 98.7 cm³/mol. The van der Waals surface area contributed by atoms with Crippen LogP contribution in [0.2, 0.25) is 0 Å². The Balaban J connectivity index is 1.55. The molecule has 6 heteroatoms. The molecule has 0 spiro atoms. The van der Waals surface area contributed by atoms with Crippen molar-refractivity contribution in [1.29, 1.82) is 0 Å². The minimum Gasteiger partial charge on any atom is -0.326 e. The molecule has 1 atom stereocenters. The average molecular weight is 341 g/mol. The van der Waals surface area contributed by atoms with Gasteiger partial charge in [-0.05, 0) is 36.6 Å². The molecule has 1 fully saturated rings. The highest BCUT2D eigenvalue weighted by molar-refractivity contribution is 5.92. The van der Waals surface area contributed by atoms with Gasteiger partial charge in [0.25, 0.3) is 0 Å². The molecule has 3 rings (SSSR count). The predicted octanol–water partition coefficient (Wildman–Crippen LogP) is 3.48. The first-order chi connectivity index (χ1) is 12.2. The zero-order chi connectivity index (χ0) is 17.6. The maximum absolute atomic E-state index is 12.4. The van der Waals surface area contributed by atoms with Crippen molar-refractivity contribution in [3.8, 4) is 11.4 Å². The number of H-pyrrole nitrogens is 1. The molecule has 1 saturated carbocycles. The fourth-order valence-electron chi connectivity index (χ4n) is 3.51. The van der Waals surface area contributed by atoms with Crippen LogP contribution in [0.4, 0.5) is 5.69 Å². The molecule has 1 aliphatic carbocycles. The molecule has 0 bridgehead atoms. The van der Waals surface area contributed by atoms with Crippen LogP contribution in [0, 0.1) is 11.8 Å². The van der Waals surface area contributed by atoms with Gasteiger partial charge in [-0.15, -0.1) is 0 Å². The van der Waals surface area contributed by atoms with Crippen molar-refractivity contribution in [2.24, 2.45) is 17.6 Å². The fourth-order valence-corrected chi connectivity index (χ4v) is 3.51. The second-order valence-corrected chi connectivity index (χ2v) is 7.02. The minimum absolute atomic E-state index is 0.0443. The van der Waals surface area contributed by atoms with Crippen molar-refractivity contribution in [2.45, 2.75) is 52.0 Å². The largest absolute Gasteiger partial charge is 0.326 e. The third-order valence-electron chi connectivity index (χ3n) is 4.99. The lowest BCUT2D eigenvalue weighted by Gasteiger charge is -2.24. The van der Waals surface area contributed by atoms with Crippen molar-refractivity contribution < 1.29 is 4.79 Å². The molecule has 134 valence electrons. The number of nitrogens with one attached hydrogen (secondary N) is 2. The van der Waals surface area contributed by atoms with E-state index < -0.39 is 0 Å². The summed E-state index contributed by atoms with van der Waals surface area (Å²) < 4.78 is 0. The van der Waals surface area contributed by atoms with Crippen LogP contribution in [0.25, 0.3) is 11.4 Å². The standard InChI is InChI=1S/C19H27N5O/c1-13(11-14-5-3-2-4-6-14)19(25)21-16-9-7-15(8-10-16)18-22-17(12-20)23-24-18/h7-10,13-14H,2-6,11-12,20H2,1H3,(H,21,25)(H,22,23,24). The van der Waals surface area contributed by atoms with Gasteiger partial charge in [-0.3, -0.25) is 9.89 Å². The molecular weight excluding hydrogens is 314 g/mol. The third kappa shape index (κ3) is 4.66. The Morgan fingerprint density at radius 1 is 1.28 bits per heavy atom. The SMILES string of the molecule is CC(CC1CCCCC1)C(=O)Nc1ccc(-c2n[nH]c(CN)n2)cc1. The highest BCUT2D eigenvalue weighted by Crippen LogP contribution is 2.29. The van der Waals surface area contributed by atoms with Crippen LogP contribution in [0.5, 0.6) is 0 Å². The summed E-state index contributed by atoms with van der Waals surface area (Å²) in [5, 5.41) is 9.95. The summed E-state index contributed by atoms with van der Waals surface area (Å²) in [7, 11) is 0. The molecule has 0 radical (unpaired) electrons. The quantitative estimate of drug-likeness (QED) is 0.749. The van der Waals surface area contributed by atoms with Crippen LogP contribution in [0.1, 0.15) is 51.3 Å². The fraction of sp³-hybridized carbons (Fsp3) is 0.526. The summed E-state index contributed by atoms with van der Waals surface area (Å²) in [5.74, 6) is 2.12. The number of aromatic nitrogens is 3. The normalized spacial score (nSPS) is 16.6. The summed E-state index contributed by atoms with van der Waals surface area (Å²) in [6.45, 7) is 2.36. The number of aromatic amines is 1. The van der Waals surface area contributed by atoms with Crippen molar-refractivity contribution in [1.82, 2.24) is 15.2 Å². The summed E-state index contributed by atoms with van der Waals surface area (Å²) in [6.07, 6.45) is 7.51. The van der Waals surface area contributed by atoms with E-state index in [0.717, 1.165) is 17.7 Å². The van der Waals surface area contributed by atoms with Crippen molar-refractivity contribution in [2.75, 3.05) is 5.32 Å². The number of rotatable bonds is 6. The topological polar surface area (TPSA) is 96.7 Å². The minimum atomic E-state index is 0.0443. The molecule has 2 aromatic rings. The highest BCUT2D eigenvalue weighted by atomic mass is 16.1. The molecule has 25 heavy (non-hydrogen) atoms. The molecule has 1 aromatic carbocycles. The van der Waals surface area contributed by atoms with Crippen molar-refractivity contribution in [3.63, 3.8) is 0 Å². The number of benzene rings is 1. The zero-order valence-corrected chi connectivity index (χ0v) is 14.8. The summed E-state index contributed by atoms with van der Waals surface area (Å²) in [6, 6.07) is 7.59. The zero-order valence-electron chi connectivity index (χ0n) is 14.8. The number of hydrogen-bond acceptors (Lipinski definition) is 4. The lowest BCUT2D eigenvalue weighted by molar-refractivity contribution is -0.120. The smallest absolute Gasteiger partial charge is 0.227 e. The number of nitrogens with zero attached hydrogens (tertiary/aromatic N) is 2. The molecule has 1 unspecified atom stereocenters. The Morgan fingerprint density at radius 2 is 2.00 bits per heavy atom. The van der Waals surface area contributed by atoms with E-state index in [9.17, 15) is 4.79 Å². The average Bonchev–Trinajstić information content (AvgIpc) is 3.12. The van der Waals surface area contributed by atoms with Crippen LogP contribution in [-0.4, -0.2) is 21.1 Å². The number of anilines is 1. The van der Waals surface area contributed by atoms with Gasteiger partial charge in [0.05, 0.1) is 6.54 Å². The molecule has 1 heterocycles. The monoisotopic (exact) mass is 341 g/mol. The number of hydrogen-bond donors (Lipinski definition) is 3. The Hall–Kier alpha value is -2.21. The van der Waals surface area contributed by atoms with Crippen LogP contribution >= 0.6 is 0 Å². The number of amides is 1. The first-order valence-corrected chi connectivity index (χ1v) is 9.18. The molecule has 0 aliphatic heterocycles. The second-order valence-electron chi connectivity index (χ2n) is 7.02. The summed E-state index contributed by atoms with van der Waals surface area (Å²) in [4.78, 5) is 16.7. The molecule has 1 aliphatic rings. The van der Waals surface area contributed by atoms with Crippen LogP contribution in [0.3, 0.4) is 0 Å². The maximum Gasteiger partial charge on any atom is 0.227 e. The van der Waals surface area contributed by atoms with Crippen molar-refractivity contribution in [3.05, 3.63) is 30.1 Å².